The van der Waals surface area contributed by atoms with Gasteiger partial charge in [-0.2, -0.15) is 8.42 Å². The third kappa shape index (κ3) is 2.27. The Hall–Kier alpha value is -2.02. The first-order valence-electron chi connectivity index (χ1n) is 6.89. The number of nitrogens with zero attached hydrogens (tertiary/aromatic N) is 3. The van der Waals surface area contributed by atoms with Gasteiger partial charge >= 0.3 is 0 Å². The second-order valence-electron chi connectivity index (χ2n) is 5.21. The van der Waals surface area contributed by atoms with Gasteiger partial charge in [0.2, 0.25) is 0 Å². The van der Waals surface area contributed by atoms with Crippen molar-refractivity contribution in [3.8, 4) is 0 Å². The van der Waals surface area contributed by atoms with E-state index in [2.05, 4.69) is 4.98 Å². The molecule has 112 valence electrons. The summed E-state index contributed by atoms with van der Waals surface area (Å²) in [5.74, 6) is 0.0410. The highest BCUT2D eigenvalue weighted by atomic mass is 32.2. The lowest BCUT2D eigenvalue weighted by Crippen LogP contribution is -2.33. The Labute approximate surface area is 124 Å². The van der Waals surface area contributed by atoms with E-state index < -0.39 is 10.0 Å². The molecule has 0 amide bonds. The third-order valence-electron chi connectivity index (χ3n) is 3.76. The van der Waals surface area contributed by atoms with E-state index in [1.165, 1.54) is 15.2 Å². The second-order valence-corrected chi connectivity index (χ2v) is 6.99. The average Bonchev–Trinajstić information content (AvgIpc) is 2.68. The number of imidazole rings is 1. The standard InChI is InChI=1S/C14H18N4O2S/c1-17-10-16-13(15)14(17)21(19,20)18-9-5-4-7-11-6-2-3-8-12(11)18/h2-3,6,8,10H,4-5,7,9,15H2,1H3. The zero-order chi connectivity index (χ0) is 15.0. The van der Waals surface area contributed by atoms with Crippen LogP contribution in [0.4, 0.5) is 11.5 Å². The van der Waals surface area contributed by atoms with Gasteiger partial charge in [0.05, 0.1) is 12.0 Å². The molecule has 0 fully saturated rings. The van der Waals surface area contributed by atoms with E-state index in [1.54, 1.807) is 7.05 Å². The van der Waals surface area contributed by atoms with E-state index in [0.29, 0.717) is 6.54 Å². The maximum atomic E-state index is 13.0. The predicted molar refractivity (Wildman–Crippen MR) is 81.5 cm³/mol. The molecule has 0 radical (unpaired) electrons. The summed E-state index contributed by atoms with van der Waals surface area (Å²) in [6.45, 7) is 0.462. The molecule has 1 aromatic heterocycles. The fourth-order valence-electron chi connectivity index (χ4n) is 2.76. The van der Waals surface area contributed by atoms with Crippen LogP contribution in [0.15, 0.2) is 35.6 Å². The van der Waals surface area contributed by atoms with Crippen molar-refractivity contribution in [3.05, 3.63) is 36.2 Å². The summed E-state index contributed by atoms with van der Waals surface area (Å²) in [7, 11) is -2.07. The van der Waals surface area contributed by atoms with E-state index >= 15 is 0 Å². The number of rotatable bonds is 2. The van der Waals surface area contributed by atoms with Gasteiger partial charge < -0.3 is 10.3 Å². The van der Waals surface area contributed by atoms with Gasteiger partial charge in [-0.25, -0.2) is 4.98 Å². The lowest BCUT2D eigenvalue weighted by atomic mass is 10.1. The van der Waals surface area contributed by atoms with Crippen LogP contribution in [0.5, 0.6) is 0 Å². The Bertz CT molecular complexity index is 748. The Morgan fingerprint density at radius 3 is 2.71 bits per heavy atom. The monoisotopic (exact) mass is 306 g/mol. The number of nitrogens with two attached hydrogens (primary N) is 1. The lowest BCUT2D eigenvalue weighted by Gasteiger charge is -2.24. The number of nitrogen functional groups attached to an aromatic ring is 1. The van der Waals surface area contributed by atoms with Gasteiger partial charge in [-0.3, -0.25) is 4.31 Å². The fraction of sp³-hybridized carbons (Fsp3) is 0.357. The highest BCUT2D eigenvalue weighted by Crippen LogP contribution is 2.32. The maximum Gasteiger partial charge on any atom is 0.283 e. The number of aryl methyl sites for hydroxylation is 2. The smallest absolute Gasteiger partial charge is 0.283 e. The van der Waals surface area contributed by atoms with E-state index in [0.717, 1.165) is 30.5 Å². The van der Waals surface area contributed by atoms with Crippen LogP contribution in [0.3, 0.4) is 0 Å². The van der Waals surface area contributed by atoms with Crippen molar-refractivity contribution in [2.24, 2.45) is 7.05 Å². The van der Waals surface area contributed by atoms with Crippen LogP contribution in [0.2, 0.25) is 0 Å². The van der Waals surface area contributed by atoms with E-state index in [9.17, 15) is 8.42 Å². The Morgan fingerprint density at radius 1 is 1.24 bits per heavy atom. The van der Waals surface area contributed by atoms with Crippen molar-refractivity contribution in [1.82, 2.24) is 9.55 Å². The largest absolute Gasteiger partial charge is 0.381 e. The summed E-state index contributed by atoms with van der Waals surface area (Å²) < 4.78 is 28.9. The molecule has 1 aliphatic rings. The lowest BCUT2D eigenvalue weighted by molar-refractivity contribution is 0.580. The van der Waals surface area contributed by atoms with Crippen LogP contribution in [-0.2, 0) is 23.5 Å². The third-order valence-corrected chi connectivity index (χ3v) is 5.71. The molecule has 0 unspecified atom stereocenters. The number of anilines is 2. The zero-order valence-corrected chi connectivity index (χ0v) is 12.7. The first kappa shape index (κ1) is 13.9. The molecule has 7 heteroatoms. The van der Waals surface area contributed by atoms with E-state index in [1.807, 2.05) is 24.3 Å². The number of aromatic nitrogens is 2. The van der Waals surface area contributed by atoms with Crippen molar-refractivity contribution in [1.29, 1.82) is 0 Å². The van der Waals surface area contributed by atoms with Gasteiger partial charge in [-0.15, -0.1) is 0 Å². The predicted octanol–water partition coefficient (Wildman–Crippen LogP) is 1.53. The molecule has 0 saturated heterocycles. The van der Waals surface area contributed by atoms with Gasteiger partial charge in [-0.05, 0) is 30.9 Å². The summed E-state index contributed by atoms with van der Waals surface area (Å²) >= 11 is 0. The van der Waals surface area contributed by atoms with Crippen molar-refractivity contribution >= 4 is 21.5 Å². The molecule has 0 atom stereocenters. The zero-order valence-electron chi connectivity index (χ0n) is 11.9. The molecule has 1 aliphatic heterocycles. The van der Waals surface area contributed by atoms with Crippen molar-refractivity contribution in [2.75, 3.05) is 16.6 Å². The number of benzene rings is 1. The molecule has 0 saturated carbocycles. The highest BCUT2D eigenvalue weighted by Gasteiger charge is 2.32. The molecule has 2 heterocycles. The minimum atomic E-state index is -3.71. The summed E-state index contributed by atoms with van der Waals surface area (Å²) in [5, 5.41) is 0.0548. The van der Waals surface area contributed by atoms with E-state index in [-0.39, 0.29) is 10.8 Å². The Balaban J connectivity index is 2.16. The number of fused-ring (bicyclic) bond motifs is 1. The van der Waals surface area contributed by atoms with Crippen LogP contribution >= 0.6 is 0 Å². The normalized spacial score (nSPS) is 15.6. The highest BCUT2D eigenvalue weighted by molar-refractivity contribution is 7.92. The van der Waals surface area contributed by atoms with Crippen LogP contribution in [0, 0.1) is 0 Å². The van der Waals surface area contributed by atoms with Gasteiger partial charge in [0.15, 0.2) is 10.8 Å². The fourth-order valence-corrected chi connectivity index (χ4v) is 4.51. The number of sulfonamides is 1. The van der Waals surface area contributed by atoms with Crippen LogP contribution in [-0.4, -0.2) is 24.5 Å². The number of hydrogen-bond donors (Lipinski definition) is 1. The van der Waals surface area contributed by atoms with Crippen molar-refractivity contribution < 1.29 is 8.42 Å². The number of para-hydroxylation sites is 1. The van der Waals surface area contributed by atoms with Crippen LogP contribution < -0.4 is 10.0 Å². The average molecular weight is 306 g/mol. The van der Waals surface area contributed by atoms with Crippen LogP contribution in [0.1, 0.15) is 18.4 Å². The van der Waals surface area contributed by atoms with Crippen LogP contribution in [0.25, 0.3) is 0 Å². The summed E-state index contributed by atoms with van der Waals surface area (Å²) in [4.78, 5) is 3.89. The first-order chi connectivity index (χ1) is 10.0. The maximum absolute atomic E-state index is 13.0. The molecular weight excluding hydrogens is 288 g/mol. The summed E-state index contributed by atoms with van der Waals surface area (Å²) in [6, 6.07) is 7.63. The molecule has 1 aromatic carbocycles. The van der Waals surface area contributed by atoms with Gasteiger partial charge in [0.25, 0.3) is 10.0 Å². The topological polar surface area (TPSA) is 81.2 Å². The Kier molecular flexibility index (Phi) is 3.36. The second kappa shape index (κ2) is 5.07. The molecular formula is C14H18N4O2S. The minimum absolute atomic E-state index is 0.0410. The SMILES string of the molecule is Cn1cnc(N)c1S(=O)(=O)N1CCCCc2ccccc21. The summed E-state index contributed by atoms with van der Waals surface area (Å²) in [6.07, 6.45) is 4.12. The molecule has 2 aromatic rings. The first-order valence-corrected chi connectivity index (χ1v) is 8.33. The summed E-state index contributed by atoms with van der Waals surface area (Å²) in [5.41, 5.74) is 7.56. The molecule has 21 heavy (non-hydrogen) atoms. The van der Waals surface area contributed by atoms with Gasteiger partial charge in [0.1, 0.15) is 0 Å². The van der Waals surface area contributed by atoms with E-state index in [4.69, 9.17) is 5.73 Å². The van der Waals surface area contributed by atoms with Crippen molar-refractivity contribution in [3.63, 3.8) is 0 Å². The van der Waals surface area contributed by atoms with Gasteiger partial charge in [-0.1, -0.05) is 18.2 Å². The molecule has 3 rings (SSSR count). The molecule has 0 bridgehead atoms. The minimum Gasteiger partial charge on any atom is -0.381 e. The molecule has 6 nitrogen and oxygen atoms in total. The molecule has 0 spiro atoms. The van der Waals surface area contributed by atoms with Crippen molar-refractivity contribution in [2.45, 2.75) is 24.3 Å². The molecule has 2 N–H and O–H groups in total. The Morgan fingerprint density at radius 2 is 2.00 bits per heavy atom. The molecule has 0 aliphatic carbocycles. The number of hydrogen-bond acceptors (Lipinski definition) is 4. The van der Waals surface area contributed by atoms with Gasteiger partial charge in [0, 0.05) is 13.6 Å². The quantitative estimate of drug-likeness (QED) is 0.912.